The number of rotatable bonds is 8. The number of nitrogens with one attached hydrogen (secondary N) is 2. The summed E-state index contributed by atoms with van der Waals surface area (Å²) in [6.45, 7) is 2.79. The van der Waals surface area contributed by atoms with Crippen LogP contribution in [0, 0.1) is 11.6 Å². The van der Waals surface area contributed by atoms with E-state index in [-0.39, 0.29) is 12.2 Å². The van der Waals surface area contributed by atoms with Gasteiger partial charge in [-0.3, -0.25) is 9.89 Å². The average Bonchev–Trinajstić information content (AvgIpc) is 3.16. The first kappa shape index (κ1) is 19.5. The second-order valence-corrected chi connectivity index (χ2v) is 6.35. The summed E-state index contributed by atoms with van der Waals surface area (Å²) in [6, 6.07) is 12.2. The molecule has 0 unspecified atom stereocenters. The standard InChI is InChI=1S/C21H21F2N3O2/c1-2-3-8-28-18-6-4-15(5-7-18)19-12-20(26-25-19)21(27)24-13-14-9-16(22)11-17(23)10-14/h4-7,9-12H,2-3,8,13H2,1H3,(H,24,27)(H,25,26). The van der Waals surface area contributed by atoms with Crippen molar-refractivity contribution >= 4 is 5.91 Å². The van der Waals surface area contributed by atoms with Crippen molar-refractivity contribution in [3.05, 3.63) is 71.4 Å². The number of aromatic nitrogens is 2. The lowest BCUT2D eigenvalue weighted by Gasteiger charge is -2.05. The van der Waals surface area contributed by atoms with Crippen LogP contribution in [0.1, 0.15) is 35.8 Å². The molecule has 2 N–H and O–H groups in total. The van der Waals surface area contributed by atoms with Crippen LogP contribution in [0.15, 0.2) is 48.5 Å². The topological polar surface area (TPSA) is 67.0 Å². The van der Waals surface area contributed by atoms with Crippen molar-refractivity contribution in [1.29, 1.82) is 0 Å². The molecule has 0 saturated carbocycles. The molecule has 0 atom stereocenters. The number of ether oxygens (including phenoxy) is 1. The molecule has 3 rings (SSSR count). The van der Waals surface area contributed by atoms with E-state index in [1.165, 1.54) is 12.1 Å². The summed E-state index contributed by atoms with van der Waals surface area (Å²) in [4.78, 5) is 12.2. The summed E-state index contributed by atoms with van der Waals surface area (Å²) < 4.78 is 32.0. The molecule has 2 aromatic carbocycles. The lowest BCUT2D eigenvalue weighted by Crippen LogP contribution is -2.23. The highest BCUT2D eigenvalue weighted by atomic mass is 19.1. The Kier molecular flexibility index (Phi) is 6.37. The van der Waals surface area contributed by atoms with Crippen LogP contribution in [-0.4, -0.2) is 22.7 Å². The number of halogens is 2. The molecule has 0 spiro atoms. The molecular formula is C21H21F2N3O2. The Morgan fingerprint density at radius 2 is 1.82 bits per heavy atom. The fourth-order valence-corrected chi connectivity index (χ4v) is 2.63. The number of nitrogens with zero attached hydrogens (tertiary/aromatic N) is 1. The lowest BCUT2D eigenvalue weighted by molar-refractivity contribution is 0.0945. The number of aromatic amines is 1. The van der Waals surface area contributed by atoms with Crippen LogP contribution in [-0.2, 0) is 6.54 Å². The van der Waals surface area contributed by atoms with Crippen LogP contribution in [0.2, 0.25) is 0 Å². The number of benzene rings is 2. The summed E-state index contributed by atoms with van der Waals surface area (Å²) in [5, 5.41) is 9.44. The Balaban J connectivity index is 1.60. The first-order valence-corrected chi connectivity index (χ1v) is 9.07. The fraction of sp³-hybridized carbons (Fsp3) is 0.238. The predicted molar refractivity (Wildman–Crippen MR) is 102 cm³/mol. The summed E-state index contributed by atoms with van der Waals surface area (Å²) >= 11 is 0. The van der Waals surface area contributed by atoms with Crippen LogP contribution >= 0.6 is 0 Å². The minimum atomic E-state index is -0.685. The van der Waals surface area contributed by atoms with Gasteiger partial charge in [0.2, 0.25) is 0 Å². The third-order valence-corrected chi connectivity index (χ3v) is 4.11. The van der Waals surface area contributed by atoms with E-state index in [0.29, 0.717) is 17.9 Å². The minimum absolute atomic E-state index is 0.00562. The summed E-state index contributed by atoms with van der Waals surface area (Å²) in [5.41, 5.74) is 2.05. The number of carbonyl (C=O) groups excluding carboxylic acids is 1. The second-order valence-electron chi connectivity index (χ2n) is 6.35. The molecule has 3 aromatic rings. The molecule has 0 aliphatic carbocycles. The zero-order chi connectivity index (χ0) is 19.9. The van der Waals surface area contributed by atoms with Crippen molar-refractivity contribution in [2.45, 2.75) is 26.3 Å². The third-order valence-electron chi connectivity index (χ3n) is 4.11. The first-order valence-electron chi connectivity index (χ1n) is 9.07. The van der Waals surface area contributed by atoms with Gasteiger partial charge in [0.05, 0.1) is 12.3 Å². The second kappa shape index (κ2) is 9.12. The van der Waals surface area contributed by atoms with E-state index >= 15 is 0 Å². The van der Waals surface area contributed by atoms with Gasteiger partial charge in [0.1, 0.15) is 23.1 Å². The number of H-pyrrole nitrogens is 1. The van der Waals surface area contributed by atoms with Gasteiger partial charge in [0, 0.05) is 18.2 Å². The molecular weight excluding hydrogens is 364 g/mol. The quantitative estimate of drug-likeness (QED) is 0.563. The Morgan fingerprint density at radius 3 is 2.50 bits per heavy atom. The monoisotopic (exact) mass is 385 g/mol. The fourth-order valence-electron chi connectivity index (χ4n) is 2.63. The Bertz CT molecular complexity index is 919. The van der Waals surface area contributed by atoms with Gasteiger partial charge in [-0.05, 0) is 54.4 Å². The van der Waals surface area contributed by atoms with E-state index in [9.17, 15) is 13.6 Å². The molecule has 0 bridgehead atoms. The molecule has 1 amide bonds. The van der Waals surface area contributed by atoms with Gasteiger partial charge in [-0.25, -0.2) is 8.78 Å². The van der Waals surface area contributed by atoms with Crippen LogP contribution in [0.5, 0.6) is 5.75 Å². The Labute approximate surface area is 161 Å². The molecule has 0 saturated heterocycles. The number of hydrogen-bond donors (Lipinski definition) is 2. The highest BCUT2D eigenvalue weighted by molar-refractivity contribution is 5.93. The van der Waals surface area contributed by atoms with Crippen molar-refractivity contribution in [3.8, 4) is 17.0 Å². The van der Waals surface area contributed by atoms with E-state index in [0.717, 1.165) is 30.2 Å². The van der Waals surface area contributed by atoms with Crippen molar-refractivity contribution in [2.75, 3.05) is 6.61 Å². The molecule has 1 heterocycles. The van der Waals surface area contributed by atoms with Gasteiger partial charge in [-0.1, -0.05) is 13.3 Å². The summed E-state index contributed by atoms with van der Waals surface area (Å²) in [5.74, 6) is -0.999. The van der Waals surface area contributed by atoms with Crippen LogP contribution in [0.25, 0.3) is 11.3 Å². The number of unbranched alkanes of at least 4 members (excludes halogenated alkanes) is 1. The highest BCUT2D eigenvalue weighted by Gasteiger charge is 2.11. The molecule has 28 heavy (non-hydrogen) atoms. The Morgan fingerprint density at radius 1 is 1.11 bits per heavy atom. The largest absolute Gasteiger partial charge is 0.494 e. The minimum Gasteiger partial charge on any atom is -0.494 e. The maximum Gasteiger partial charge on any atom is 0.269 e. The van der Waals surface area contributed by atoms with E-state index in [2.05, 4.69) is 22.4 Å². The number of carbonyl (C=O) groups is 1. The lowest BCUT2D eigenvalue weighted by atomic mass is 10.1. The summed E-state index contributed by atoms with van der Waals surface area (Å²) in [7, 11) is 0. The molecule has 0 fully saturated rings. The molecule has 146 valence electrons. The number of hydrogen-bond acceptors (Lipinski definition) is 3. The molecule has 0 aliphatic heterocycles. The molecule has 5 nitrogen and oxygen atoms in total. The SMILES string of the molecule is CCCCOc1ccc(-c2cc(C(=O)NCc3cc(F)cc(F)c3)[nH]n2)cc1. The van der Waals surface area contributed by atoms with Crippen molar-refractivity contribution in [2.24, 2.45) is 0 Å². The zero-order valence-electron chi connectivity index (χ0n) is 15.5. The predicted octanol–water partition coefficient (Wildman–Crippen LogP) is 4.46. The normalized spacial score (nSPS) is 10.7. The van der Waals surface area contributed by atoms with Crippen molar-refractivity contribution < 1.29 is 18.3 Å². The van der Waals surface area contributed by atoms with Gasteiger partial charge in [-0.2, -0.15) is 5.10 Å². The van der Waals surface area contributed by atoms with Crippen LogP contribution in [0.4, 0.5) is 8.78 Å². The third kappa shape index (κ3) is 5.16. The van der Waals surface area contributed by atoms with E-state index in [1.54, 1.807) is 6.07 Å². The molecule has 0 aliphatic rings. The molecule has 0 radical (unpaired) electrons. The van der Waals surface area contributed by atoms with Gasteiger partial charge in [0.15, 0.2) is 0 Å². The van der Waals surface area contributed by atoms with Gasteiger partial charge in [0.25, 0.3) is 5.91 Å². The Hall–Kier alpha value is -3.22. The van der Waals surface area contributed by atoms with Crippen LogP contribution in [0.3, 0.4) is 0 Å². The van der Waals surface area contributed by atoms with Crippen molar-refractivity contribution in [1.82, 2.24) is 15.5 Å². The average molecular weight is 385 g/mol. The van der Waals surface area contributed by atoms with Gasteiger partial charge in [-0.15, -0.1) is 0 Å². The van der Waals surface area contributed by atoms with Crippen LogP contribution < -0.4 is 10.1 Å². The maximum atomic E-state index is 13.2. The van der Waals surface area contributed by atoms with Gasteiger partial charge >= 0.3 is 0 Å². The smallest absolute Gasteiger partial charge is 0.269 e. The number of amides is 1. The van der Waals surface area contributed by atoms with E-state index in [4.69, 9.17) is 4.74 Å². The zero-order valence-corrected chi connectivity index (χ0v) is 15.5. The molecule has 7 heteroatoms. The van der Waals surface area contributed by atoms with E-state index in [1.807, 2.05) is 24.3 Å². The summed E-state index contributed by atoms with van der Waals surface area (Å²) in [6.07, 6.45) is 2.08. The maximum absolute atomic E-state index is 13.2. The molecule has 1 aromatic heterocycles. The van der Waals surface area contributed by atoms with Crippen molar-refractivity contribution in [3.63, 3.8) is 0 Å². The highest BCUT2D eigenvalue weighted by Crippen LogP contribution is 2.21. The first-order chi connectivity index (χ1) is 13.5. The van der Waals surface area contributed by atoms with E-state index < -0.39 is 17.5 Å². The van der Waals surface area contributed by atoms with Gasteiger partial charge < -0.3 is 10.1 Å².